The summed E-state index contributed by atoms with van der Waals surface area (Å²) in [6.07, 6.45) is 1.07. The molecule has 0 N–H and O–H groups in total. The highest BCUT2D eigenvalue weighted by Gasteiger charge is 2.33. The summed E-state index contributed by atoms with van der Waals surface area (Å²) in [5.74, 6) is 1.61. The maximum absolute atomic E-state index is 2.52. The molecule has 1 aliphatic rings. The third-order valence-electron chi connectivity index (χ3n) is 6.34. The molecule has 1 radical (unpaired) electrons. The zero-order valence-corrected chi connectivity index (χ0v) is 19.7. The molecule has 0 unspecified atom stereocenters. The molecule has 1 aliphatic heterocycles. The summed E-state index contributed by atoms with van der Waals surface area (Å²) in [6.45, 7) is 14.1. The standard InChI is InChI=1S/C28H33Si/c1-18(2)23-16-24(19(3)4)28(25(17-23)20(5)6)29-26-13-9-7-11-21(26)15-22-12-8-10-14-27(22)29/h7-14,16-20H,15H2,1-6H3. The van der Waals surface area contributed by atoms with E-state index in [9.17, 15) is 0 Å². The summed E-state index contributed by atoms with van der Waals surface area (Å²) < 4.78 is 0. The Morgan fingerprint density at radius 3 is 1.48 bits per heavy atom. The molecular formula is C28H33Si. The maximum Gasteiger partial charge on any atom is 0.156 e. The number of rotatable bonds is 4. The van der Waals surface area contributed by atoms with Gasteiger partial charge in [-0.25, -0.2) is 0 Å². The lowest BCUT2D eigenvalue weighted by molar-refractivity contribution is 0.812. The molecule has 0 fully saturated rings. The van der Waals surface area contributed by atoms with Crippen LogP contribution in [0.5, 0.6) is 0 Å². The maximum atomic E-state index is 2.52. The predicted octanol–water partition coefficient (Wildman–Crippen LogP) is 5.48. The fourth-order valence-corrected chi connectivity index (χ4v) is 8.34. The Hall–Kier alpha value is -2.12. The second-order valence-corrected chi connectivity index (χ2v) is 11.7. The molecule has 0 bridgehead atoms. The average molecular weight is 398 g/mol. The Morgan fingerprint density at radius 1 is 0.621 bits per heavy atom. The number of hydrogen-bond donors (Lipinski definition) is 0. The first kappa shape index (κ1) is 20.2. The molecule has 0 aromatic heterocycles. The lowest BCUT2D eigenvalue weighted by Crippen LogP contribution is -2.59. The second-order valence-electron chi connectivity index (χ2n) is 9.40. The summed E-state index contributed by atoms with van der Waals surface area (Å²) in [5.41, 5.74) is 7.68. The molecule has 0 saturated heterocycles. The first-order chi connectivity index (χ1) is 13.9. The van der Waals surface area contributed by atoms with Crippen LogP contribution < -0.4 is 15.6 Å². The largest absolute Gasteiger partial charge is 0.156 e. The van der Waals surface area contributed by atoms with Gasteiger partial charge in [0.15, 0.2) is 8.80 Å². The molecule has 3 aromatic carbocycles. The van der Waals surface area contributed by atoms with E-state index < -0.39 is 8.80 Å². The van der Waals surface area contributed by atoms with Gasteiger partial charge in [-0.1, -0.05) is 102 Å². The van der Waals surface area contributed by atoms with Crippen LogP contribution in [0.4, 0.5) is 0 Å². The highest BCUT2D eigenvalue weighted by atomic mass is 28.3. The van der Waals surface area contributed by atoms with Crippen molar-refractivity contribution in [2.75, 3.05) is 0 Å². The Balaban J connectivity index is 2.07. The van der Waals surface area contributed by atoms with Gasteiger partial charge in [-0.05, 0) is 67.6 Å². The van der Waals surface area contributed by atoms with Gasteiger partial charge < -0.3 is 0 Å². The highest BCUT2D eigenvalue weighted by Crippen LogP contribution is 2.27. The fraction of sp³-hybridized carbons (Fsp3) is 0.357. The molecule has 1 heteroatoms. The monoisotopic (exact) mass is 397 g/mol. The highest BCUT2D eigenvalue weighted by molar-refractivity contribution is 6.97. The number of benzene rings is 3. The lowest BCUT2D eigenvalue weighted by Gasteiger charge is -2.33. The van der Waals surface area contributed by atoms with Gasteiger partial charge in [0, 0.05) is 0 Å². The van der Waals surface area contributed by atoms with Gasteiger partial charge in [0.05, 0.1) is 0 Å². The van der Waals surface area contributed by atoms with Crippen LogP contribution in [-0.4, -0.2) is 8.80 Å². The third kappa shape index (κ3) is 3.62. The minimum absolute atomic E-state index is 0.528. The van der Waals surface area contributed by atoms with Crippen LogP contribution in [0.1, 0.15) is 87.1 Å². The lowest BCUT2D eigenvalue weighted by atomic mass is 9.89. The van der Waals surface area contributed by atoms with Crippen LogP contribution in [0.15, 0.2) is 60.7 Å². The first-order valence-corrected chi connectivity index (χ1v) is 12.6. The van der Waals surface area contributed by atoms with Crippen LogP contribution in [0.2, 0.25) is 0 Å². The van der Waals surface area contributed by atoms with Gasteiger partial charge in [0.1, 0.15) is 0 Å². The van der Waals surface area contributed by atoms with Gasteiger partial charge in [-0.3, -0.25) is 0 Å². The molecule has 149 valence electrons. The van der Waals surface area contributed by atoms with Crippen molar-refractivity contribution in [3.63, 3.8) is 0 Å². The van der Waals surface area contributed by atoms with E-state index >= 15 is 0 Å². The second kappa shape index (κ2) is 7.95. The SMILES string of the molecule is CC(C)c1cc(C(C)C)c([Si]2c3ccccc3Cc3ccccc32)c(C(C)C)c1. The summed E-state index contributed by atoms with van der Waals surface area (Å²) in [7, 11) is -1.03. The fourth-order valence-electron chi connectivity index (χ4n) is 4.70. The quantitative estimate of drug-likeness (QED) is 0.400. The van der Waals surface area contributed by atoms with Crippen molar-refractivity contribution in [1.29, 1.82) is 0 Å². The summed E-state index contributed by atoms with van der Waals surface area (Å²) in [6, 6.07) is 23.5. The van der Waals surface area contributed by atoms with Crippen LogP contribution in [0.3, 0.4) is 0 Å². The molecule has 0 aliphatic carbocycles. The van der Waals surface area contributed by atoms with E-state index in [0.29, 0.717) is 17.8 Å². The van der Waals surface area contributed by atoms with Crippen molar-refractivity contribution in [3.05, 3.63) is 88.5 Å². The third-order valence-corrected chi connectivity index (χ3v) is 9.47. The molecule has 4 rings (SSSR count). The van der Waals surface area contributed by atoms with Crippen LogP contribution in [0, 0.1) is 0 Å². The average Bonchev–Trinajstić information content (AvgIpc) is 2.70. The zero-order valence-electron chi connectivity index (χ0n) is 18.7. The van der Waals surface area contributed by atoms with E-state index in [0.717, 1.165) is 6.42 Å². The van der Waals surface area contributed by atoms with Gasteiger partial charge >= 0.3 is 0 Å². The van der Waals surface area contributed by atoms with Crippen LogP contribution >= 0.6 is 0 Å². The molecule has 0 saturated carbocycles. The number of fused-ring (bicyclic) bond motifs is 2. The molecule has 0 atom stereocenters. The molecule has 1 heterocycles. The summed E-state index contributed by atoms with van der Waals surface area (Å²) >= 11 is 0. The number of hydrogen-bond acceptors (Lipinski definition) is 0. The normalized spacial score (nSPS) is 13.8. The van der Waals surface area contributed by atoms with Crippen molar-refractivity contribution in [1.82, 2.24) is 0 Å². The Bertz CT molecular complexity index is 951. The van der Waals surface area contributed by atoms with E-state index in [-0.39, 0.29) is 0 Å². The molecule has 29 heavy (non-hydrogen) atoms. The molecule has 0 amide bonds. The van der Waals surface area contributed by atoms with E-state index in [4.69, 9.17) is 0 Å². The van der Waals surface area contributed by atoms with Gasteiger partial charge in [-0.2, -0.15) is 0 Å². The minimum Gasteiger partial charge on any atom is -0.0623 e. The van der Waals surface area contributed by atoms with E-state index in [1.54, 1.807) is 26.7 Å². The van der Waals surface area contributed by atoms with E-state index in [2.05, 4.69) is 102 Å². The van der Waals surface area contributed by atoms with Gasteiger partial charge in [0.25, 0.3) is 0 Å². The van der Waals surface area contributed by atoms with E-state index in [1.807, 2.05) is 0 Å². The smallest absolute Gasteiger partial charge is 0.0623 e. The zero-order chi connectivity index (χ0) is 20.7. The predicted molar refractivity (Wildman–Crippen MR) is 129 cm³/mol. The Kier molecular flexibility index (Phi) is 5.53. The topological polar surface area (TPSA) is 0 Å². The van der Waals surface area contributed by atoms with Crippen molar-refractivity contribution in [3.8, 4) is 0 Å². The van der Waals surface area contributed by atoms with Crippen molar-refractivity contribution in [2.45, 2.75) is 65.7 Å². The summed E-state index contributed by atoms with van der Waals surface area (Å²) in [5, 5.41) is 4.85. The minimum atomic E-state index is -1.03. The molecule has 3 aromatic rings. The molecule has 0 nitrogen and oxygen atoms in total. The summed E-state index contributed by atoms with van der Waals surface area (Å²) in [4.78, 5) is 0. The van der Waals surface area contributed by atoms with Crippen molar-refractivity contribution >= 4 is 24.4 Å². The van der Waals surface area contributed by atoms with Crippen LogP contribution in [-0.2, 0) is 6.42 Å². The molecule has 0 spiro atoms. The Labute approximate surface area is 178 Å². The van der Waals surface area contributed by atoms with Crippen molar-refractivity contribution in [2.24, 2.45) is 0 Å². The first-order valence-electron chi connectivity index (χ1n) is 11.1. The van der Waals surface area contributed by atoms with Crippen molar-refractivity contribution < 1.29 is 0 Å². The van der Waals surface area contributed by atoms with Crippen LogP contribution in [0.25, 0.3) is 0 Å². The Morgan fingerprint density at radius 2 is 1.07 bits per heavy atom. The van der Waals surface area contributed by atoms with Gasteiger partial charge in [0.2, 0.25) is 0 Å². The van der Waals surface area contributed by atoms with Gasteiger partial charge in [-0.15, -0.1) is 0 Å². The van der Waals surface area contributed by atoms with E-state index in [1.165, 1.54) is 16.7 Å². The molecular weight excluding hydrogens is 364 g/mol.